The van der Waals surface area contributed by atoms with Crippen LogP contribution in [0.25, 0.3) is 0 Å². The van der Waals surface area contributed by atoms with Gasteiger partial charge in [-0.1, -0.05) is 60.2 Å². The molecule has 0 aliphatic heterocycles. The third-order valence-corrected chi connectivity index (χ3v) is 6.98. The maximum absolute atomic E-state index is 13.4. The molecule has 0 aliphatic carbocycles. The molecule has 0 aromatic heterocycles. The lowest BCUT2D eigenvalue weighted by Gasteiger charge is -2.25. The second-order valence-corrected chi connectivity index (χ2v) is 9.61. The molecule has 32 heavy (non-hydrogen) atoms. The molecular weight excluding hydrogens is 424 g/mol. The summed E-state index contributed by atoms with van der Waals surface area (Å²) in [7, 11) is -0.587. The summed E-state index contributed by atoms with van der Waals surface area (Å²) in [6, 6.07) is 23.4. The van der Waals surface area contributed by atoms with E-state index in [1.165, 1.54) is 9.21 Å². The summed E-state index contributed by atoms with van der Waals surface area (Å²) in [5.41, 5.74) is 2.71. The molecule has 0 N–H and O–H groups in total. The van der Waals surface area contributed by atoms with Crippen LogP contribution < -0.4 is 4.74 Å². The van der Waals surface area contributed by atoms with Gasteiger partial charge in [-0.25, -0.2) is 8.42 Å². The number of carbonyl (C=O) groups is 1. The van der Waals surface area contributed by atoms with Gasteiger partial charge in [0.1, 0.15) is 5.75 Å². The third kappa shape index (κ3) is 5.96. The number of rotatable bonds is 9. The monoisotopic (exact) mass is 452 g/mol. The molecule has 0 saturated heterocycles. The van der Waals surface area contributed by atoms with Gasteiger partial charge in [0.25, 0.3) is 0 Å². The first kappa shape index (κ1) is 23.5. The van der Waals surface area contributed by atoms with Crippen LogP contribution in [0.15, 0.2) is 83.8 Å². The largest absolute Gasteiger partial charge is 0.497 e. The topological polar surface area (TPSA) is 66.9 Å². The number of likely N-dealkylation sites (N-methyl/N-ethyl adjacent to an activating group) is 1. The molecule has 3 aromatic rings. The van der Waals surface area contributed by atoms with Crippen molar-refractivity contribution in [2.75, 3.05) is 20.7 Å². The van der Waals surface area contributed by atoms with Crippen molar-refractivity contribution in [1.82, 2.24) is 9.21 Å². The van der Waals surface area contributed by atoms with E-state index in [1.807, 2.05) is 61.5 Å². The number of benzene rings is 3. The summed E-state index contributed by atoms with van der Waals surface area (Å²) in [5.74, 6) is 0.452. The zero-order chi connectivity index (χ0) is 23.1. The molecule has 168 valence electrons. The van der Waals surface area contributed by atoms with Crippen LogP contribution in [0.3, 0.4) is 0 Å². The molecule has 0 spiro atoms. The maximum atomic E-state index is 13.4. The lowest BCUT2D eigenvalue weighted by atomic mass is 10.2. The molecule has 0 bridgehead atoms. The van der Waals surface area contributed by atoms with E-state index < -0.39 is 10.0 Å². The normalized spacial score (nSPS) is 11.4. The van der Waals surface area contributed by atoms with Gasteiger partial charge in [-0.3, -0.25) is 4.79 Å². The summed E-state index contributed by atoms with van der Waals surface area (Å²) < 4.78 is 33.2. The molecule has 0 saturated carbocycles. The van der Waals surface area contributed by atoms with Gasteiger partial charge in [0.2, 0.25) is 15.9 Å². The lowest BCUT2D eigenvalue weighted by molar-refractivity contribution is -0.130. The van der Waals surface area contributed by atoms with Crippen LogP contribution in [-0.2, 0) is 27.9 Å². The van der Waals surface area contributed by atoms with Gasteiger partial charge in [-0.2, -0.15) is 4.31 Å². The average molecular weight is 453 g/mol. The highest BCUT2D eigenvalue weighted by Crippen LogP contribution is 2.20. The zero-order valence-corrected chi connectivity index (χ0v) is 19.4. The van der Waals surface area contributed by atoms with Gasteiger partial charge in [0, 0.05) is 20.1 Å². The van der Waals surface area contributed by atoms with Crippen molar-refractivity contribution in [2.24, 2.45) is 0 Å². The summed E-state index contributed by atoms with van der Waals surface area (Å²) in [6.07, 6.45) is 0. The van der Waals surface area contributed by atoms with Crippen molar-refractivity contribution in [3.63, 3.8) is 0 Å². The van der Waals surface area contributed by atoms with Crippen LogP contribution in [0.4, 0.5) is 0 Å². The van der Waals surface area contributed by atoms with E-state index in [2.05, 4.69) is 0 Å². The Labute approximate surface area is 190 Å². The van der Waals surface area contributed by atoms with Crippen molar-refractivity contribution in [3.8, 4) is 5.75 Å². The Morgan fingerprint density at radius 2 is 1.44 bits per heavy atom. The van der Waals surface area contributed by atoms with Gasteiger partial charge < -0.3 is 9.64 Å². The molecule has 0 aliphatic rings. The zero-order valence-electron chi connectivity index (χ0n) is 18.6. The predicted octanol–water partition coefficient (Wildman–Crippen LogP) is 3.85. The number of nitrogens with zero attached hydrogens (tertiary/aromatic N) is 2. The minimum absolute atomic E-state index is 0.110. The number of hydrogen-bond donors (Lipinski definition) is 0. The SMILES string of the molecule is COc1ccc(CN(C)C(=O)CN(Cc2ccccc2)S(=O)(=O)c2ccc(C)cc2)cc1. The fraction of sp³-hybridized carbons (Fsp3) is 0.240. The average Bonchev–Trinajstić information content (AvgIpc) is 2.80. The van der Waals surface area contributed by atoms with Gasteiger partial charge in [-0.05, 0) is 42.3 Å². The summed E-state index contributed by atoms with van der Waals surface area (Å²) >= 11 is 0. The molecule has 7 heteroatoms. The van der Waals surface area contributed by atoms with Crippen LogP contribution >= 0.6 is 0 Å². The summed E-state index contributed by atoms with van der Waals surface area (Å²) in [4.78, 5) is 14.7. The first-order valence-electron chi connectivity index (χ1n) is 10.3. The second-order valence-electron chi connectivity index (χ2n) is 7.67. The Bertz CT molecular complexity index is 1130. The van der Waals surface area contributed by atoms with Crippen LogP contribution in [0.5, 0.6) is 5.75 Å². The Kier molecular flexibility index (Phi) is 7.66. The number of carbonyl (C=O) groups excluding carboxylic acids is 1. The summed E-state index contributed by atoms with van der Waals surface area (Å²) in [6.45, 7) is 2.12. The molecule has 0 unspecified atom stereocenters. The Balaban J connectivity index is 1.80. The molecular formula is C25H28N2O4S. The second kappa shape index (κ2) is 10.4. The molecule has 6 nitrogen and oxygen atoms in total. The number of sulfonamides is 1. The number of hydrogen-bond acceptors (Lipinski definition) is 4. The van der Waals surface area contributed by atoms with E-state index in [0.717, 1.165) is 22.4 Å². The number of aryl methyl sites for hydroxylation is 1. The molecule has 3 aromatic carbocycles. The fourth-order valence-corrected chi connectivity index (χ4v) is 4.61. The van der Waals surface area contributed by atoms with E-state index in [-0.39, 0.29) is 23.9 Å². The van der Waals surface area contributed by atoms with Gasteiger partial charge >= 0.3 is 0 Å². The summed E-state index contributed by atoms with van der Waals surface area (Å²) in [5, 5.41) is 0. The van der Waals surface area contributed by atoms with Crippen molar-refractivity contribution >= 4 is 15.9 Å². The Morgan fingerprint density at radius 3 is 2.03 bits per heavy atom. The minimum atomic E-state index is -3.86. The fourth-order valence-electron chi connectivity index (χ4n) is 3.24. The maximum Gasteiger partial charge on any atom is 0.243 e. The van der Waals surface area contributed by atoms with E-state index in [0.29, 0.717) is 6.54 Å². The first-order valence-corrected chi connectivity index (χ1v) is 11.7. The molecule has 0 heterocycles. The Morgan fingerprint density at radius 1 is 0.844 bits per heavy atom. The van der Waals surface area contributed by atoms with Crippen LogP contribution in [0.2, 0.25) is 0 Å². The van der Waals surface area contributed by atoms with Crippen molar-refractivity contribution < 1.29 is 17.9 Å². The van der Waals surface area contributed by atoms with Crippen molar-refractivity contribution in [3.05, 3.63) is 95.6 Å². The molecule has 0 fully saturated rings. The third-order valence-electron chi connectivity index (χ3n) is 5.18. The first-order chi connectivity index (χ1) is 15.3. The molecule has 3 rings (SSSR count). The van der Waals surface area contributed by atoms with Crippen molar-refractivity contribution in [2.45, 2.75) is 24.9 Å². The standard InChI is InChI=1S/C25H28N2O4S/c1-20-9-15-24(16-10-20)32(29,30)27(18-21-7-5-4-6-8-21)19-25(28)26(2)17-22-11-13-23(31-3)14-12-22/h4-16H,17-19H2,1-3H3. The quantitative estimate of drug-likeness (QED) is 0.495. The van der Waals surface area contributed by atoms with Crippen molar-refractivity contribution in [1.29, 1.82) is 0 Å². The van der Waals surface area contributed by atoms with Gasteiger partial charge in [0.05, 0.1) is 18.6 Å². The number of amides is 1. The highest BCUT2D eigenvalue weighted by molar-refractivity contribution is 7.89. The van der Waals surface area contributed by atoms with Gasteiger partial charge in [-0.15, -0.1) is 0 Å². The predicted molar refractivity (Wildman–Crippen MR) is 125 cm³/mol. The van der Waals surface area contributed by atoms with Gasteiger partial charge in [0.15, 0.2) is 0 Å². The lowest BCUT2D eigenvalue weighted by Crippen LogP contribution is -2.40. The van der Waals surface area contributed by atoms with Crippen LogP contribution in [0.1, 0.15) is 16.7 Å². The van der Waals surface area contributed by atoms with E-state index in [4.69, 9.17) is 4.74 Å². The highest BCUT2D eigenvalue weighted by atomic mass is 32.2. The van der Waals surface area contributed by atoms with Crippen LogP contribution in [-0.4, -0.2) is 44.2 Å². The molecule has 0 radical (unpaired) electrons. The van der Waals surface area contributed by atoms with E-state index >= 15 is 0 Å². The minimum Gasteiger partial charge on any atom is -0.497 e. The smallest absolute Gasteiger partial charge is 0.243 e. The van der Waals surface area contributed by atoms with E-state index in [9.17, 15) is 13.2 Å². The Hall–Kier alpha value is -3.16. The van der Waals surface area contributed by atoms with Crippen LogP contribution in [0, 0.1) is 6.92 Å². The molecule has 0 atom stereocenters. The number of methoxy groups -OCH3 is 1. The van der Waals surface area contributed by atoms with E-state index in [1.54, 1.807) is 38.4 Å². The number of ether oxygens (including phenoxy) is 1. The highest BCUT2D eigenvalue weighted by Gasteiger charge is 2.28. The molecule has 1 amide bonds.